The van der Waals surface area contributed by atoms with E-state index in [1.165, 1.54) is 0 Å². The average molecular weight is 336 g/mol. The molecule has 130 valence electrons. The molecule has 0 N–H and O–H groups in total. The van der Waals surface area contributed by atoms with Crippen molar-refractivity contribution < 1.29 is 4.79 Å². The number of likely N-dealkylation sites (tertiary alicyclic amines) is 1. The molecule has 5 heteroatoms. The molecular weight excluding hydrogens is 312 g/mol. The first kappa shape index (κ1) is 15.9. The molecule has 0 bridgehead atoms. The van der Waals surface area contributed by atoms with Gasteiger partial charge in [-0.15, -0.1) is 0 Å². The summed E-state index contributed by atoms with van der Waals surface area (Å²) < 4.78 is 4.12. The fourth-order valence-corrected chi connectivity index (χ4v) is 3.91. The fraction of sp³-hybridized carbons (Fsp3) is 0.400. The highest BCUT2D eigenvalue weighted by atomic mass is 16.2. The van der Waals surface area contributed by atoms with Gasteiger partial charge in [-0.05, 0) is 38.3 Å². The highest BCUT2D eigenvalue weighted by molar-refractivity contribution is 6.07. The molecule has 1 amide bonds. The van der Waals surface area contributed by atoms with Gasteiger partial charge in [-0.25, -0.2) is 0 Å². The molecule has 1 fully saturated rings. The van der Waals surface area contributed by atoms with E-state index < -0.39 is 0 Å². The van der Waals surface area contributed by atoms with E-state index in [0.29, 0.717) is 0 Å². The molecule has 0 saturated carbocycles. The number of rotatable bonds is 4. The van der Waals surface area contributed by atoms with Crippen molar-refractivity contribution in [1.29, 1.82) is 0 Å². The summed E-state index contributed by atoms with van der Waals surface area (Å²) in [6, 6.07) is 8.39. The molecule has 0 aliphatic carbocycles. The van der Waals surface area contributed by atoms with E-state index in [-0.39, 0.29) is 11.9 Å². The minimum atomic E-state index is 0.148. The first-order valence-electron chi connectivity index (χ1n) is 9.05. The Morgan fingerprint density at radius 3 is 2.88 bits per heavy atom. The molecule has 1 atom stereocenters. The van der Waals surface area contributed by atoms with Gasteiger partial charge in [-0.2, -0.15) is 5.10 Å². The summed E-state index contributed by atoms with van der Waals surface area (Å²) >= 11 is 0. The number of para-hydroxylation sites is 1. The Bertz CT molecular complexity index is 907. The second-order valence-electron chi connectivity index (χ2n) is 6.88. The van der Waals surface area contributed by atoms with Crippen molar-refractivity contribution in [1.82, 2.24) is 19.2 Å². The molecule has 1 saturated heterocycles. The number of carbonyl (C=O) groups excluding carboxylic acids is 1. The number of fused-ring (bicyclic) bond motifs is 1. The first-order valence-corrected chi connectivity index (χ1v) is 9.05. The van der Waals surface area contributed by atoms with Gasteiger partial charge in [0.2, 0.25) is 0 Å². The second-order valence-corrected chi connectivity index (χ2v) is 6.88. The van der Waals surface area contributed by atoms with Crippen LogP contribution in [0, 0.1) is 6.92 Å². The van der Waals surface area contributed by atoms with Crippen LogP contribution in [0.25, 0.3) is 10.9 Å². The van der Waals surface area contributed by atoms with Gasteiger partial charge in [0.05, 0.1) is 24.3 Å². The Morgan fingerprint density at radius 2 is 2.12 bits per heavy atom. The summed E-state index contributed by atoms with van der Waals surface area (Å²) in [5, 5.41) is 5.44. The lowest BCUT2D eigenvalue weighted by molar-refractivity contribution is 0.0723. The van der Waals surface area contributed by atoms with Crippen LogP contribution in [0.15, 0.2) is 42.9 Å². The Balaban J connectivity index is 1.63. The lowest BCUT2D eigenvalue weighted by atomic mass is 10.1. The highest BCUT2D eigenvalue weighted by Gasteiger charge is 2.31. The number of benzene rings is 1. The second kappa shape index (κ2) is 6.39. The van der Waals surface area contributed by atoms with E-state index in [9.17, 15) is 4.79 Å². The zero-order chi connectivity index (χ0) is 17.4. The van der Waals surface area contributed by atoms with Crippen molar-refractivity contribution in [2.45, 2.75) is 45.8 Å². The van der Waals surface area contributed by atoms with Crippen molar-refractivity contribution in [3.05, 3.63) is 54.0 Å². The lowest BCUT2D eigenvalue weighted by Gasteiger charge is -2.24. The molecule has 4 rings (SSSR count). The van der Waals surface area contributed by atoms with Crippen molar-refractivity contribution in [2.24, 2.45) is 0 Å². The first-order chi connectivity index (χ1) is 12.2. The molecule has 0 spiro atoms. The number of carbonyl (C=O) groups is 1. The van der Waals surface area contributed by atoms with Gasteiger partial charge >= 0.3 is 0 Å². The molecule has 2 aromatic heterocycles. The number of aromatic nitrogens is 3. The van der Waals surface area contributed by atoms with E-state index in [1.807, 2.05) is 47.2 Å². The van der Waals surface area contributed by atoms with Crippen LogP contribution in [-0.4, -0.2) is 37.7 Å². The molecule has 3 heterocycles. The Kier molecular flexibility index (Phi) is 4.07. The monoisotopic (exact) mass is 336 g/mol. The maximum Gasteiger partial charge on any atom is 0.256 e. The van der Waals surface area contributed by atoms with Gasteiger partial charge in [0.15, 0.2) is 0 Å². The predicted octanol–water partition coefficient (Wildman–Crippen LogP) is 3.47. The van der Waals surface area contributed by atoms with Crippen LogP contribution in [0.5, 0.6) is 0 Å². The largest absolute Gasteiger partial charge is 0.347 e. The van der Waals surface area contributed by atoms with E-state index >= 15 is 0 Å². The molecule has 1 aliphatic heterocycles. The molecule has 1 aromatic carbocycles. The van der Waals surface area contributed by atoms with Crippen molar-refractivity contribution in [2.75, 3.05) is 6.54 Å². The number of nitrogens with zero attached hydrogens (tertiary/aromatic N) is 4. The highest BCUT2D eigenvalue weighted by Crippen LogP contribution is 2.27. The zero-order valence-corrected chi connectivity index (χ0v) is 14.9. The van der Waals surface area contributed by atoms with Gasteiger partial charge in [0.25, 0.3) is 5.91 Å². The third-order valence-electron chi connectivity index (χ3n) is 5.16. The maximum absolute atomic E-state index is 13.3. The van der Waals surface area contributed by atoms with E-state index in [0.717, 1.165) is 54.5 Å². The maximum atomic E-state index is 13.3. The molecule has 3 aromatic rings. The predicted molar refractivity (Wildman–Crippen MR) is 98.6 cm³/mol. The van der Waals surface area contributed by atoms with Gasteiger partial charge in [0, 0.05) is 36.4 Å². The van der Waals surface area contributed by atoms with Crippen LogP contribution >= 0.6 is 0 Å². The van der Waals surface area contributed by atoms with Crippen LogP contribution in [0.1, 0.15) is 35.7 Å². The van der Waals surface area contributed by atoms with Crippen LogP contribution in [0.2, 0.25) is 0 Å². The summed E-state index contributed by atoms with van der Waals surface area (Å²) in [5.41, 5.74) is 3.11. The molecule has 1 aliphatic rings. The molecule has 5 nitrogen and oxygen atoms in total. The van der Waals surface area contributed by atoms with E-state index in [4.69, 9.17) is 0 Å². The quantitative estimate of drug-likeness (QED) is 0.732. The summed E-state index contributed by atoms with van der Waals surface area (Å²) in [7, 11) is 0. The lowest BCUT2D eigenvalue weighted by Crippen LogP contribution is -2.38. The van der Waals surface area contributed by atoms with E-state index in [2.05, 4.69) is 28.7 Å². The van der Waals surface area contributed by atoms with Crippen molar-refractivity contribution in [3.63, 3.8) is 0 Å². The molecule has 1 unspecified atom stereocenters. The Morgan fingerprint density at radius 1 is 1.28 bits per heavy atom. The van der Waals surface area contributed by atoms with Gasteiger partial charge < -0.3 is 9.47 Å². The third-order valence-corrected chi connectivity index (χ3v) is 5.16. The SMILES string of the molecule is CCn1cc(C(=O)N2CCCC2Cn2cc(C)cn2)c2ccccc21. The number of hydrogen-bond acceptors (Lipinski definition) is 2. The molecular formula is C20H24N4O. The minimum Gasteiger partial charge on any atom is -0.347 e. The van der Waals surface area contributed by atoms with Crippen LogP contribution < -0.4 is 0 Å². The normalized spacial score (nSPS) is 17.5. The summed E-state index contributed by atoms with van der Waals surface area (Å²) in [4.78, 5) is 15.3. The fourth-order valence-electron chi connectivity index (χ4n) is 3.91. The van der Waals surface area contributed by atoms with Crippen LogP contribution in [0.4, 0.5) is 0 Å². The standard InChI is InChI=1S/C20H24N4O/c1-3-22-14-18(17-8-4-5-9-19(17)22)20(25)24-10-6-7-16(24)13-23-12-15(2)11-21-23/h4-5,8-9,11-12,14,16H,3,6-7,10,13H2,1-2H3. The summed E-state index contributed by atoms with van der Waals surface area (Å²) in [5.74, 6) is 0.148. The zero-order valence-electron chi connectivity index (χ0n) is 14.9. The summed E-state index contributed by atoms with van der Waals surface area (Å²) in [6.07, 6.45) is 8.03. The van der Waals surface area contributed by atoms with Crippen LogP contribution in [-0.2, 0) is 13.1 Å². The minimum absolute atomic E-state index is 0.148. The average Bonchev–Trinajstić information content (AvgIpc) is 3.33. The molecule has 0 radical (unpaired) electrons. The van der Waals surface area contributed by atoms with Crippen molar-refractivity contribution in [3.8, 4) is 0 Å². The van der Waals surface area contributed by atoms with Gasteiger partial charge in [-0.3, -0.25) is 9.48 Å². The number of amides is 1. The smallest absolute Gasteiger partial charge is 0.256 e. The van der Waals surface area contributed by atoms with E-state index in [1.54, 1.807) is 0 Å². The van der Waals surface area contributed by atoms with Crippen molar-refractivity contribution >= 4 is 16.8 Å². The van der Waals surface area contributed by atoms with Gasteiger partial charge in [-0.1, -0.05) is 18.2 Å². The Labute approximate surface area is 147 Å². The third kappa shape index (κ3) is 2.84. The van der Waals surface area contributed by atoms with Crippen LogP contribution in [0.3, 0.4) is 0 Å². The number of hydrogen-bond donors (Lipinski definition) is 0. The molecule has 25 heavy (non-hydrogen) atoms. The topological polar surface area (TPSA) is 43.1 Å². The number of aryl methyl sites for hydroxylation is 2. The Hall–Kier alpha value is -2.56. The van der Waals surface area contributed by atoms with Gasteiger partial charge in [0.1, 0.15) is 0 Å². The summed E-state index contributed by atoms with van der Waals surface area (Å²) in [6.45, 7) is 6.62.